The Kier molecular flexibility index (Phi) is 53.8. The highest BCUT2D eigenvalue weighted by molar-refractivity contribution is 5.71. The van der Waals surface area contributed by atoms with Crippen LogP contribution in [0.3, 0.4) is 0 Å². The molecule has 0 rings (SSSR count). The van der Waals surface area contributed by atoms with Crippen molar-refractivity contribution >= 4 is 17.9 Å². The minimum absolute atomic E-state index is 0.0791. The van der Waals surface area contributed by atoms with E-state index >= 15 is 0 Å². The minimum atomic E-state index is -0.780. The standard InChI is InChI=1S/C61H110O6/c1-4-7-10-13-16-19-22-25-28-30-33-36-39-42-45-48-51-54-60(63)66-57-58(56-65-59(62)53-50-47-44-41-38-35-32-27-24-21-18-15-12-9-6-3)67-61(64)55-52-49-46-43-40-37-34-31-29-26-23-20-17-14-11-8-5-2/h16,18-19,21,25,27-28,32,58H,4-15,17,20,22-24,26,29-31,33-57H2,1-3H3/b19-16-,21-18-,28-25-,32-27-/t58-/m0/s1. The molecule has 0 aliphatic heterocycles. The zero-order chi connectivity index (χ0) is 48.6. The number of unbranched alkanes of at least 4 members (excludes halogenated alkanes) is 34. The minimum Gasteiger partial charge on any atom is -0.462 e. The molecule has 0 aromatic heterocycles. The van der Waals surface area contributed by atoms with Gasteiger partial charge >= 0.3 is 17.9 Å². The lowest BCUT2D eigenvalue weighted by Gasteiger charge is -2.18. The van der Waals surface area contributed by atoms with Crippen molar-refractivity contribution in [3.8, 4) is 0 Å². The molecule has 0 spiro atoms. The summed E-state index contributed by atoms with van der Waals surface area (Å²) >= 11 is 0. The molecule has 6 heteroatoms. The van der Waals surface area contributed by atoms with Gasteiger partial charge in [-0.05, 0) is 83.5 Å². The van der Waals surface area contributed by atoms with Crippen LogP contribution in [0.1, 0.15) is 303 Å². The van der Waals surface area contributed by atoms with Crippen molar-refractivity contribution in [2.75, 3.05) is 13.2 Å². The summed E-state index contributed by atoms with van der Waals surface area (Å²) in [5.74, 6) is -0.884. The Labute approximate surface area is 416 Å². The second-order valence-corrected chi connectivity index (χ2v) is 19.6. The van der Waals surface area contributed by atoms with Crippen LogP contribution in [0.4, 0.5) is 0 Å². The summed E-state index contributed by atoms with van der Waals surface area (Å²) in [6, 6.07) is 0. The molecule has 390 valence electrons. The Morgan fingerprint density at radius 3 is 0.851 bits per heavy atom. The van der Waals surface area contributed by atoms with Crippen LogP contribution in [0.2, 0.25) is 0 Å². The van der Waals surface area contributed by atoms with Gasteiger partial charge in [-0.3, -0.25) is 14.4 Å². The first kappa shape index (κ1) is 64.4. The molecule has 0 bridgehead atoms. The molecule has 0 unspecified atom stereocenters. The fourth-order valence-corrected chi connectivity index (χ4v) is 8.39. The quantitative estimate of drug-likeness (QED) is 0.0262. The molecule has 1 atom stereocenters. The molecule has 0 aromatic rings. The van der Waals surface area contributed by atoms with Crippen LogP contribution < -0.4 is 0 Å². The van der Waals surface area contributed by atoms with Crippen LogP contribution in [-0.2, 0) is 28.6 Å². The van der Waals surface area contributed by atoms with Gasteiger partial charge < -0.3 is 14.2 Å². The average Bonchev–Trinajstić information content (AvgIpc) is 3.33. The van der Waals surface area contributed by atoms with Gasteiger partial charge in [0.2, 0.25) is 0 Å². The number of esters is 3. The van der Waals surface area contributed by atoms with Crippen molar-refractivity contribution < 1.29 is 28.6 Å². The number of allylic oxidation sites excluding steroid dienone is 8. The van der Waals surface area contributed by atoms with Crippen LogP contribution in [-0.4, -0.2) is 37.2 Å². The number of carbonyl (C=O) groups excluding carboxylic acids is 3. The first-order valence-electron chi connectivity index (χ1n) is 29.1. The smallest absolute Gasteiger partial charge is 0.306 e. The average molecular weight is 940 g/mol. The summed E-state index contributed by atoms with van der Waals surface area (Å²) in [6.45, 7) is 6.61. The molecular formula is C61H110O6. The molecule has 0 aliphatic rings. The highest BCUT2D eigenvalue weighted by Gasteiger charge is 2.19. The highest BCUT2D eigenvalue weighted by atomic mass is 16.6. The largest absolute Gasteiger partial charge is 0.462 e. The van der Waals surface area contributed by atoms with Gasteiger partial charge in [0.1, 0.15) is 13.2 Å². The number of ether oxygens (including phenoxy) is 3. The molecule has 0 aliphatic carbocycles. The van der Waals surface area contributed by atoms with Crippen molar-refractivity contribution in [1.29, 1.82) is 0 Å². The highest BCUT2D eigenvalue weighted by Crippen LogP contribution is 2.16. The maximum absolute atomic E-state index is 12.9. The van der Waals surface area contributed by atoms with Crippen molar-refractivity contribution in [1.82, 2.24) is 0 Å². The summed E-state index contributed by atoms with van der Waals surface area (Å²) in [4.78, 5) is 38.2. The second kappa shape index (κ2) is 56.0. The molecule has 6 nitrogen and oxygen atoms in total. The van der Waals surface area contributed by atoms with Crippen LogP contribution in [0.15, 0.2) is 48.6 Å². The van der Waals surface area contributed by atoms with Gasteiger partial charge in [-0.25, -0.2) is 0 Å². The van der Waals surface area contributed by atoms with E-state index in [-0.39, 0.29) is 31.1 Å². The van der Waals surface area contributed by atoms with E-state index in [2.05, 4.69) is 69.4 Å². The van der Waals surface area contributed by atoms with Gasteiger partial charge in [0.05, 0.1) is 0 Å². The first-order valence-corrected chi connectivity index (χ1v) is 29.1. The van der Waals surface area contributed by atoms with Crippen LogP contribution in [0, 0.1) is 0 Å². The van der Waals surface area contributed by atoms with Gasteiger partial charge in [-0.15, -0.1) is 0 Å². The second-order valence-electron chi connectivity index (χ2n) is 19.6. The van der Waals surface area contributed by atoms with E-state index in [0.29, 0.717) is 19.3 Å². The van der Waals surface area contributed by atoms with Crippen molar-refractivity contribution in [3.63, 3.8) is 0 Å². The van der Waals surface area contributed by atoms with Crippen molar-refractivity contribution in [2.45, 2.75) is 309 Å². The van der Waals surface area contributed by atoms with E-state index in [1.807, 2.05) is 0 Å². The molecule has 0 radical (unpaired) electrons. The number of carbonyl (C=O) groups is 3. The summed E-state index contributed by atoms with van der Waals surface area (Å²) in [5.41, 5.74) is 0. The van der Waals surface area contributed by atoms with Crippen molar-refractivity contribution in [2.24, 2.45) is 0 Å². The molecule has 0 heterocycles. The third-order valence-corrected chi connectivity index (χ3v) is 12.8. The van der Waals surface area contributed by atoms with Crippen LogP contribution >= 0.6 is 0 Å². The van der Waals surface area contributed by atoms with Gasteiger partial charge in [0, 0.05) is 19.3 Å². The predicted molar refractivity (Wildman–Crippen MR) is 289 cm³/mol. The van der Waals surface area contributed by atoms with Gasteiger partial charge in [0.25, 0.3) is 0 Å². The van der Waals surface area contributed by atoms with E-state index in [1.165, 1.54) is 173 Å². The predicted octanol–water partition coefficient (Wildman–Crippen LogP) is 19.4. The Hall–Kier alpha value is -2.63. The lowest BCUT2D eigenvalue weighted by Crippen LogP contribution is -2.30. The molecule has 0 saturated heterocycles. The maximum atomic E-state index is 12.9. The zero-order valence-corrected chi connectivity index (χ0v) is 44.7. The maximum Gasteiger partial charge on any atom is 0.306 e. The van der Waals surface area contributed by atoms with Gasteiger partial charge in [-0.1, -0.05) is 249 Å². The topological polar surface area (TPSA) is 78.9 Å². The monoisotopic (exact) mass is 939 g/mol. The molecule has 0 aromatic carbocycles. The van der Waals surface area contributed by atoms with Gasteiger partial charge in [-0.2, -0.15) is 0 Å². The fraction of sp³-hybridized carbons (Fsp3) is 0.820. The van der Waals surface area contributed by atoms with E-state index in [9.17, 15) is 14.4 Å². The Bertz CT molecular complexity index is 1170. The molecule has 0 fully saturated rings. The fourth-order valence-electron chi connectivity index (χ4n) is 8.39. The number of rotatable bonds is 53. The summed E-state index contributed by atoms with van der Waals surface area (Å²) < 4.78 is 16.9. The Balaban J connectivity index is 4.38. The van der Waals surface area contributed by atoms with Crippen LogP contribution in [0.5, 0.6) is 0 Å². The number of hydrogen-bond acceptors (Lipinski definition) is 6. The summed E-state index contributed by atoms with van der Waals surface area (Å²) in [5, 5.41) is 0. The molecule has 67 heavy (non-hydrogen) atoms. The Morgan fingerprint density at radius 2 is 0.537 bits per heavy atom. The first-order chi connectivity index (χ1) is 33.0. The third kappa shape index (κ3) is 54.2. The normalized spacial score (nSPS) is 12.3. The van der Waals surface area contributed by atoms with E-state index in [1.54, 1.807) is 0 Å². The zero-order valence-electron chi connectivity index (χ0n) is 44.7. The van der Waals surface area contributed by atoms with E-state index in [4.69, 9.17) is 14.2 Å². The summed E-state index contributed by atoms with van der Waals surface area (Å²) in [7, 11) is 0. The van der Waals surface area contributed by atoms with Gasteiger partial charge in [0.15, 0.2) is 6.10 Å². The lowest BCUT2D eigenvalue weighted by molar-refractivity contribution is -0.167. The van der Waals surface area contributed by atoms with E-state index in [0.717, 1.165) is 89.9 Å². The SMILES string of the molecule is CCCCC/C=C\C/C=C\CCCCCCCCCC(=O)OC[C@H](COC(=O)CCCCCCC/C=C\C/C=C\CCCCC)OC(=O)CCCCCCCCCCCCCCCCCCC. The molecular weight excluding hydrogens is 829 g/mol. The molecule has 0 N–H and O–H groups in total. The molecule has 0 amide bonds. The summed E-state index contributed by atoms with van der Waals surface area (Å²) in [6.07, 6.45) is 68.1. The number of hydrogen-bond donors (Lipinski definition) is 0. The lowest BCUT2D eigenvalue weighted by atomic mass is 10.0. The third-order valence-electron chi connectivity index (χ3n) is 12.8. The van der Waals surface area contributed by atoms with Crippen LogP contribution in [0.25, 0.3) is 0 Å². The molecule has 0 saturated carbocycles. The van der Waals surface area contributed by atoms with Crippen molar-refractivity contribution in [3.05, 3.63) is 48.6 Å². The van der Waals surface area contributed by atoms with E-state index < -0.39 is 6.10 Å². The Morgan fingerprint density at radius 1 is 0.299 bits per heavy atom.